The maximum absolute atomic E-state index is 13.2. The van der Waals surface area contributed by atoms with Crippen LogP contribution in [0.2, 0.25) is 5.02 Å². The summed E-state index contributed by atoms with van der Waals surface area (Å²) >= 11 is 5.79. The van der Waals surface area contributed by atoms with Crippen molar-refractivity contribution >= 4 is 11.6 Å². The third-order valence-electron chi connectivity index (χ3n) is 2.67. The Labute approximate surface area is 113 Å². The molecule has 0 spiro atoms. The van der Waals surface area contributed by atoms with E-state index in [-0.39, 0.29) is 5.02 Å². The number of rotatable bonds is 2. The van der Waals surface area contributed by atoms with Crippen molar-refractivity contribution in [2.24, 2.45) is 0 Å². The molecule has 0 N–H and O–H groups in total. The highest BCUT2D eigenvalue weighted by atomic mass is 35.5. The number of halogens is 2. The molecule has 0 aliphatic carbocycles. The van der Waals surface area contributed by atoms with Gasteiger partial charge in [-0.05, 0) is 30.3 Å². The molecule has 0 aliphatic rings. The van der Waals surface area contributed by atoms with Crippen molar-refractivity contribution < 1.29 is 4.39 Å². The average molecular weight is 275 g/mol. The lowest BCUT2D eigenvalue weighted by Gasteiger charge is -2.07. The maximum Gasteiger partial charge on any atom is 0.168 e. The minimum Gasteiger partial charge on any atom is -0.282 e. The second-order valence-electron chi connectivity index (χ2n) is 3.86. The SMILES string of the molecule is Fc1ccc(-n2cnnc2-c2ccncc2)cc1Cl. The number of pyridine rings is 1. The summed E-state index contributed by atoms with van der Waals surface area (Å²) in [6.07, 6.45) is 4.90. The van der Waals surface area contributed by atoms with Crippen LogP contribution in [0.3, 0.4) is 0 Å². The standard InChI is InChI=1S/C13H8ClFN4/c14-11-7-10(1-2-12(11)15)19-8-17-18-13(19)9-3-5-16-6-4-9/h1-8H. The predicted molar refractivity (Wildman–Crippen MR) is 69.6 cm³/mol. The first-order valence-electron chi connectivity index (χ1n) is 5.51. The molecule has 94 valence electrons. The van der Waals surface area contributed by atoms with Crippen molar-refractivity contribution in [2.45, 2.75) is 0 Å². The first-order chi connectivity index (χ1) is 9.25. The zero-order valence-electron chi connectivity index (χ0n) is 9.66. The molecule has 0 amide bonds. The van der Waals surface area contributed by atoms with Crippen LogP contribution in [-0.2, 0) is 0 Å². The molecule has 0 bridgehead atoms. The molecule has 2 aromatic heterocycles. The smallest absolute Gasteiger partial charge is 0.168 e. The number of nitrogens with zero attached hydrogens (tertiary/aromatic N) is 4. The van der Waals surface area contributed by atoms with E-state index in [2.05, 4.69) is 15.2 Å². The van der Waals surface area contributed by atoms with E-state index in [4.69, 9.17) is 11.6 Å². The molecule has 0 fully saturated rings. The molecule has 3 aromatic rings. The molecular weight excluding hydrogens is 267 g/mol. The van der Waals surface area contributed by atoms with Gasteiger partial charge in [-0.3, -0.25) is 9.55 Å². The van der Waals surface area contributed by atoms with Gasteiger partial charge >= 0.3 is 0 Å². The summed E-state index contributed by atoms with van der Waals surface area (Å²) in [5.41, 5.74) is 1.57. The van der Waals surface area contributed by atoms with Crippen molar-refractivity contribution in [1.29, 1.82) is 0 Å². The summed E-state index contributed by atoms with van der Waals surface area (Å²) in [6, 6.07) is 8.12. The van der Waals surface area contributed by atoms with Crippen molar-refractivity contribution in [1.82, 2.24) is 19.7 Å². The van der Waals surface area contributed by atoms with E-state index >= 15 is 0 Å². The molecule has 0 saturated heterocycles. The molecule has 19 heavy (non-hydrogen) atoms. The van der Waals surface area contributed by atoms with E-state index in [0.29, 0.717) is 11.5 Å². The van der Waals surface area contributed by atoms with Gasteiger partial charge in [-0.1, -0.05) is 11.6 Å². The Hall–Kier alpha value is -2.27. The fraction of sp³-hybridized carbons (Fsp3) is 0. The van der Waals surface area contributed by atoms with E-state index in [0.717, 1.165) is 5.56 Å². The maximum atomic E-state index is 13.2. The van der Waals surface area contributed by atoms with Crippen LogP contribution in [-0.4, -0.2) is 19.7 Å². The minimum atomic E-state index is -0.455. The highest BCUT2D eigenvalue weighted by molar-refractivity contribution is 6.30. The first-order valence-corrected chi connectivity index (χ1v) is 5.89. The lowest BCUT2D eigenvalue weighted by Crippen LogP contribution is -1.96. The van der Waals surface area contributed by atoms with Gasteiger partial charge in [0.1, 0.15) is 12.1 Å². The van der Waals surface area contributed by atoms with Crippen LogP contribution in [0.25, 0.3) is 17.1 Å². The Morgan fingerprint density at radius 3 is 2.63 bits per heavy atom. The van der Waals surface area contributed by atoms with E-state index < -0.39 is 5.82 Å². The zero-order chi connectivity index (χ0) is 13.2. The second-order valence-corrected chi connectivity index (χ2v) is 4.27. The third kappa shape index (κ3) is 2.20. The second kappa shape index (κ2) is 4.78. The largest absolute Gasteiger partial charge is 0.282 e. The molecule has 3 rings (SSSR count). The summed E-state index contributed by atoms with van der Waals surface area (Å²) in [7, 11) is 0. The molecule has 0 aliphatic heterocycles. The van der Waals surface area contributed by atoms with Crippen LogP contribution >= 0.6 is 11.6 Å². The zero-order valence-corrected chi connectivity index (χ0v) is 10.4. The summed E-state index contributed by atoms with van der Waals surface area (Å²) in [5, 5.41) is 8.01. The van der Waals surface area contributed by atoms with Gasteiger partial charge in [0.15, 0.2) is 5.82 Å². The fourth-order valence-electron chi connectivity index (χ4n) is 1.76. The Balaban J connectivity index is 2.12. The van der Waals surface area contributed by atoms with Crippen LogP contribution in [0.5, 0.6) is 0 Å². The van der Waals surface area contributed by atoms with E-state index in [9.17, 15) is 4.39 Å². The van der Waals surface area contributed by atoms with Crippen molar-refractivity contribution in [2.75, 3.05) is 0 Å². The van der Waals surface area contributed by atoms with Gasteiger partial charge in [0, 0.05) is 18.0 Å². The van der Waals surface area contributed by atoms with Gasteiger partial charge in [0.05, 0.1) is 10.7 Å². The van der Waals surface area contributed by atoms with Gasteiger partial charge in [0.25, 0.3) is 0 Å². The topological polar surface area (TPSA) is 43.6 Å². The molecule has 0 unspecified atom stereocenters. The van der Waals surface area contributed by atoms with Crippen LogP contribution < -0.4 is 0 Å². The summed E-state index contributed by atoms with van der Waals surface area (Å²) < 4.78 is 14.9. The van der Waals surface area contributed by atoms with E-state index in [1.807, 2.05) is 12.1 Å². The van der Waals surface area contributed by atoms with Gasteiger partial charge in [-0.15, -0.1) is 10.2 Å². The molecule has 0 radical (unpaired) electrons. The molecular formula is C13H8ClFN4. The summed E-state index contributed by atoms with van der Waals surface area (Å²) in [5.74, 6) is 0.189. The van der Waals surface area contributed by atoms with Crippen molar-refractivity contribution in [3.05, 3.63) is 59.9 Å². The lowest BCUT2D eigenvalue weighted by molar-refractivity contribution is 0.628. The molecule has 6 heteroatoms. The number of benzene rings is 1. The van der Waals surface area contributed by atoms with Crippen LogP contribution in [0.1, 0.15) is 0 Å². The van der Waals surface area contributed by atoms with Gasteiger partial charge in [0.2, 0.25) is 0 Å². The van der Waals surface area contributed by atoms with Crippen LogP contribution in [0.15, 0.2) is 49.1 Å². The molecule has 0 atom stereocenters. The number of hydrogen-bond acceptors (Lipinski definition) is 3. The van der Waals surface area contributed by atoms with Gasteiger partial charge < -0.3 is 0 Å². The third-order valence-corrected chi connectivity index (χ3v) is 2.96. The Morgan fingerprint density at radius 1 is 1.11 bits per heavy atom. The predicted octanol–water partition coefficient (Wildman–Crippen LogP) is 3.12. The highest BCUT2D eigenvalue weighted by Crippen LogP contribution is 2.23. The lowest BCUT2D eigenvalue weighted by atomic mass is 10.2. The Bertz CT molecular complexity index is 712. The minimum absolute atomic E-state index is 0.0619. The quantitative estimate of drug-likeness (QED) is 0.721. The van der Waals surface area contributed by atoms with Gasteiger partial charge in [-0.2, -0.15) is 0 Å². The van der Waals surface area contributed by atoms with E-state index in [1.165, 1.54) is 12.1 Å². The van der Waals surface area contributed by atoms with Gasteiger partial charge in [-0.25, -0.2) is 4.39 Å². The average Bonchev–Trinajstić information content (AvgIpc) is 2.92. The highest BCUT2D eigenvalue weighted by Gasteiger charge is 2.10. The molecule has 2 heterocycles. The number of aromatic nitrogens is 4. The molecule has 0 saturated carbocycles. The number of hydrogen-bond donors (Lipinski definition) is 0. The monoisotopic (exact) mass is 274 g/mol. The van der Waals surface area contributed by atoms with Crippen LogP contribution in [0, 0.1) is 5.82 Å². The molecule has 1 aromatic carbocycles. The summed E-state index contributed by atoms with van der Waals surface area (Å²) in [6.45, 7) is 0. The summed E-state index contributed by atoms with van der Waals surface area (Å²) in [4.78, 5) is 3.96. The normalized spacial score (nSPS) is 10.6. The Morgan fingerprint density at radius 2 is 1.89 bits per heavy atom. The van der Waals surface area contributed by atoms with Crippen LogP contribution in [0.4, 0.5) is 4.39 Å². The fourth-order valence-corrected chi connectivity index (χ4v) is 1.93. The first kappa shape index (κ1) is 11.8. The Kier molecular flexibility index (Phi) is 2.97. The molecule has 4 nitrogen and oxygen atoms in total. The van der Waals surface area contributed by atoms with Crippen molar-refractivity contribution in [3.8, 4) is 17.1 Å². The van der Waals surface area contributed by atoms with E-state index in [1.54, 1.807) is 29.4 Å². The van der Waals surface area contributed by atoms with Crippen molar-refractivity contribution in [3.63, 3.8) is 0 Å².